The number of aromatic carboxylic acids is 1. The van der Waals surface area contributed by atoms with Gasteiger partial charge in [0.2, 0.25) is 5.88 Å². The molecule has 1 aliphatic carbocycles. The van der Waals surface area contributed by atoms with Crippen molar-refractivity contribution in [1.82, 2.24) is 9.88 Å². The van der Waals surface area contributed by atoms with Gasteiger partial charge in [-0.2, -0.15) is 0 Å². The van der Waals surface area contributed by atoms with E-state index >= 15 is 0 Å². The summed E-state index contributed by atoms with van der Waals surface area (Å²) in [6.07, 6.45) is 6.04. The van der Waals surface area contributed by atoms with E-state index in [2.05, 4.69) is 27.0 Å². The molecule has 0 aromatic carbocycles. The van der Waals surface area contributed by atoms with Crippen molar-refractivity contribution in [3.63, 3.8) is 0 Å². The summed E-state index contributed by atoms with van der Waals surface area (Å²) < 4.78 is 6.19. The van der Waals surface area contributed by atoms with Gasteiger partial charge in [0, 0.05) is 43.4 Å². The highest BCUT2D eigenvalue weighted by Crippen LogP contribution is 2.31. The van der Waals surface area contributed by atoms with E-state index in [0.717, 1.165) is 55.6 Å². The number of thiophene rings is 1. The topological polar surface area (TPSA) is 94.9 Å². The molecule has 1 saturated carbocycles. The lowest BCUT2D eigenvalue weighted by molar-refractivity contribution is 0.0703. The van der Waals surface area contributed by atoms with Crippen molar-refractivity contribution in [2.75, 3.05) is 18.4 Å². The van der Waals surface area contributed by atoms with Crippen LogP contribution < -0.4 is 10.1 Å². The fourth-order valence-corrected chi connectivity index (χ4v) is 5.32. The van der Waals surface area contributed by atoms with Gasteiger partial charge in [-0.25, -0.2) is 9.78 Å². The molecule has 2 aliphatic rings. The number of likely N-dealkylation sites (tertiary alicyclic amines) is 1. The Kier molecular flexibility index (Phi) is 8.00. The third-order valence-corrected chi connectivity index (χ3v) is 7.30. The highest BCUT2D eigenvalue weighted by Gasteiger charge is 2.25. The molecule has 1 unspecified atom stereocenters. The van der Waals surface area contributed by atoms with Crippen molar-refractivity contribution >= 4 is 23.0 Å². The van der Waals surface area contributed by atoms with Gasteiger partial charge in [-0.15, -0.1) is 11.3 Å². The lowest BCUT2D eigenvalue weighted by Gasteiger charge is -2.29. The standard InChI is InChI=1S/C27H35N3O4S/c1-27(2,3)11-8-22-15-23(25(35-22)26(32)33)29-19-4-6-21(7-5-19)34-24-14-18(9-12-28-24)16-30-13-10-20(31)17-30/h9,12,14-15,19-21,29,31H,4-7,10,13,16-17H2,1-3H3,(H,32,33)/t19-,20?,21-. The number of pyridine rings is 1. The zero-order valence-electron chi connectivity index (χ0n) is 20.7. The molecule has 0 amide bonds. The zero-order chi connectivity index (χ0) is 25.0. The van der Waals surface area contributed by atoms with E-state index in [0.29, 0.717) is 23.0 Å². The molecule has 4 rings (SSSR count). The smallest absolute Gasteiger partial charge is 0.348 e. The number of aliphatic hydroxyl groups excluding tert-OH is 1. The SMILES string of the molecule is CC(C)(C)C#Cc1cc(N[C@H]2CC[C@H](Oc3cc(CN4CCC(O)C4)ccn3)CC2)c(C(=O)O)s1. The monoisotopic (exact) mass is 497 g/mol. The highest BCUT2D eigenvalue weighted by atomic mass is 32.1. The lowest BCUT2D eigenvalue weighted by Crippen LogP contribution is -2.31. The van der Waals surface area contributed by atoms with Gasteiger partial charge in [-0.05, 0) is 70.6 Å². The maximum atomic E-state index is 11.8. The van der Waals surface area contributed by atoms with Crippen LogP contribution in [0, 0.1) is 17.3 Å². The molecule has 2 aromatic rings. The molecule has 7 nitrogen and oxygen atoms in total. The third-order valence-electron chi connectivity index (χ3n) is 6.26. The second-order valence-corrected chi connectivity index (χ2v) is 11.6. The fraction of sp³-hybridized carbons (Fsp3) is 0.556. The number of carboxylic acid groups (broad SMARTS) is 1. The number of rotatable bonds is 7. The first-order valence-corrected chi connectivity index (χ1v) is 13.1. The average Bonchev–Trinajstić information content (AvgIpc) is 3.39. The summed E-state index contributed by atoms with van der Waals surface area (Å²) in [6.45, 7) is 8.53. The molecule has 3 N–H and O–H groups in total. The maximum absolute atomic E-state index is 11.8. The summed E-state index contributed by atoms with van der Waals surface area (Å²) in [6, 6.07) is 6.07. The molecular weight excluding hydrogens is 462 g/mol. The van der Waals surface area contributed by atoms with Crippen molar-refractivity contribution in [2.24, 2.45) is 5.41 Å². The quantitative estimate of drug-likeness (QED) is 0.481. The van der Waals surface area contributed by atoms with Gasteiger partial charge in [0.15, 0.2) is 0 Å². The molecule has 35 heavy (non-hydrogen) atoms. The summed E-state index contributed by atoms with van der Waals surface area (Å²) in [4.78, 5) is 19.5. The molecule has 3 heterocycles. The number of hydrogen-bond acceptors (Lipinski definition) is 7. The lowest BCUT2D eigenvalue weighted by atomic mass is 9.92. The van der Waals surface area contributed by atoms with Gasteiger partial charge in [-0.3, -0.25) is 4.90 Å². The Morgan fingerprint density at radius 1 is 1.26 bits per heavy atom. The first kappa shape index (κ1) is 25.5. The van der Waals surface area contributed by atoms with Gasteiger partial charge >= 0.3 is 5.97 Å². The first-order chi connectivity index (χ1) is 16.6. The van der Waals surface area contributed by atoms with Crippen molar-refractivity contribution in [2.45, 2.75) is 77.7 Å². The molecule has 0 radical (unpaired) electrons. The van der Waals surface area contributed by atoms with Gasteiger partial charge in [0.05, 0.1) is 16.7 Å². The van der Waals surface area contributed by atoms with Crippen LogP contribution in [0.25, 0.3) is 0 Å². The van der Waals surface area contributed by atoms with E-state index in [1.165, 1.54) is 11.3 Å². The Hall–Kier alpha value is -2.60. The van der Waals surface area contributed by atoms with E-state index in [9.17, 15) is 15.0 Å². The average molecular weight is 498 g/mol. The molecule has 2 aromatic heterocycles. The minimum atomic E-state index is -0.923. The number of β-amino-alcohol motifs (C(OH)–C–C–N with tert-alkyl or cyclic N) is 1. The molecule has 1 saturated heterocycles. The number of hydrogen-bond donors (Lipinski definition) is 3. The summed E-state index contributed by atoms with van der Waals surface area (Å²) in [5.74, 6) is 6.03. The summed E-state index contributed by atoms with van der Waals surface area (Å²) in [7, 11) is 0. The molecule has 2 fully saturated rings. The number of carboxylic acids is 1. The number of aromatic nitrogens is 1. The molecule has 188 valence electrons. The summed E-state index contributed by atoms with van der Waals surface area (Å²) in [5, 5.41) is 22.8. The van der Waals surface area contributed by atoms with E-state index in [1.807, 2.05) is 39.0 Å². The maximum Gasteiger partial charge on any atom is 0.348 e. The van der Waals surface area contributed by atoms with Crippen LogP contribution in [0.5, 0.6) is 5.88 Å². The molecule has 0 bridgehead atoms. The predicted octanol–water partition coefficient (Wildman–Crippen LogP) is 4.61. The molecule has 1 aliphatic heterocycles. The third kappa shape index (κ3) is 7.44. The van der Waals surface area contributed by atoms with Gasteiger partial charge < -0.3 is 20.3 Å². The first-order valence-electron chi connectivity index (χ1n) is 12.3. The largest absolute Gasteiger partial charge is 0.477 e. The Labute approximate surface area is 211 Å². The minimum Gasteiger partial charge on any atom is -0.477 e. The summed E-state index contributed by atoms with van der Waals surface area (Å²) in [5.41, 5.74) is 1.67. The van der Waals surface area contributed by atoms with E-state index < -0.39 is 5.97 Å². The Bertz CT molecular complexity index is 1090. The number of carbonyl (C=O) groups is 1. The van der Waals surface area contributed by atoms with Crippen LogP contribution >= 0.6 is 11.3 Å². The van der Waals surface area contributed by atoms with Crippen LogP contribution in [0.15, 0.2) is 24.4 Å². The fourth-order valence-electron chi connectivity index (χ4n) is 4.51. The number of anilines is 1. The van der Waals surface area contributed by atoms with Crippen molar-refractivity contribution in [3.05, 3.63) is 39.7 Å². The van der Waals surface area contributed by atoms with Crippen LogP contribution in [0.2, 0.25) is 0 Å². The second kappa shape index (κ2) is 11.0. The Morgan fingerprint density at radius 2 is 2.03 bits per heavy atom. The van der Waals surface area contributed by atoms with Crippen LogP contribution in [-0.4, -0.2) is 57.4 Å². The number of aliphatic hydroxyl groups is 1. The van der Waals surface area contributed by atoms with E-state index in [4.69, 9.17) is 4.74 Å². The number of nitrogens with one attached hydrogen (secondary N) is 1. The van der Waals surface area contributed by atoms with Gasteiger partial charge in [0.25, 0.3) is 0 Å². The molecular formula is C27H35N3O4S. The Balaban J connectivity index is 1.31. The zero-order valence-corrected chi connectivity index (χ0v) is 21.5. The van der Waals surface area contributed by atoms with Gasteiger partial charge in [-0.1, -0.05) is 11.8 Å². The Morgan fingerprint density at radius 3 is 2.69 bits per heavy atom. The van der Waals surface area contributed by atoms with Crippen LogP contribution in [0.4, 0.5) is 5.69 Å². The van der Waals surface area contributed by atoms with Crippen LogP contribution in [-0.2, 0) is 6.54 Å². The normalized spacial score (nSPS) is 22.9. The molecule has 0 spiro atoms. The predicted molar refractivity (Wildman–Crippen MR) is 138 cm³/mol. The van der Waals surface area contributed by atoms with E-state index in [-0.39, 0.29) is 23.7 Å². The molecule has 8 heteroatoms. The highest BCUT2D eigenvalue weighted by molar-refractivity contribution is 7.15. The van der Waals surface area contributed by atoms with Crippen LogP contribution in [0.1, 0.15) is 73.0 Å². The van der Waals surface area contributed by atoms with Crippen LogP contribution in [0.3, 0.4) is 0 Å². The van der Waals surface area contributed by atoms with Crippen molar-refractivity contribution in [3.8, 4) is 17.7 Å². The van der Waals surface area contributed by atoms with E-state index in [1.54, 1.807) is 6.20 Å². The van der Waals surface area contributed by atoms with Crippen molar-refractivity contribution < 1.29 is 19.7 Å². The van der Waals surface area contributed by atoms with Crippen molar-refractivity contribution in [1.29, 1.82) is 0 Å². The van der Waals surface area contributed by atoms with Gasteiger partial charge in [0.1, 0.15) is 11.0 Å². The second-order valence-electron chi connectivity index (χ2n) is 10.6. The minimum absolute atomic E-state index is 0.0963. The summed E-state index contributed by atoms with van der Waals surface area (Å²) >= 11 is 1.23. The number of nitrogens with zero attached hydrogens (tertiary/aromatic N) is 2. The number of ether oxygens (including phenoxy) is 1. The molecule has 1 atom stereocenters.